The molecule has 2 heterocycles. The zero-order chi connectivity index (χ0) is 17.4. The van der Waals surface area contributed by atoms with E-state index in [4.69, 9.17) is 9.52 Å². The molecule has 126 valence electrons. The summed E-state index contributed by atoms with van der Waals surface area (Å²) in [5, 5.41) is 18.7. The second-order valence-electron chi connectivity index (χ2n) is 6.33. The van der Waals surface area contributed by atoms with Crippen LogP contribution in [-0.2, 0) is 13.2 Å². The van der Waals surface area contributed by atoms with Gasteiger partial charge in [-0.25, -0.2) is 4.68 Å². The third-order valence-electron chi connectivity index (χ3n) is 4.41. The number of hydrogen-bond acceptors (Lipinski definition) is 4. The number of nitrogens with zero attached hydrogens (tertiary/aromatic N) is 3. The van der Waals surface area contributed by atoms with Gasteiger partial charge in [-0.2, -0.15) is 0 Å². The maximum Gasteiger partial charge on any atom is 0.160 e. The first-order chi connectivity index (χ1) is 12.1. The third-order valence-corrected chi connectivity index (χ3v) is 4.41. The minimum atomic E-state index is 0.0541. The molecule has 25 heavy (non-hydrogen) atoms. The Morgan fingerprint density at radius 2 is 1.80 bits per heavy atom. The second kappa shape index (κ2) is 6.18. The summed E-state index contributed by atoms with van der Waals surface area (Å²) in [5.41, 5.74) is 5.89. The smallest absolute Gasteiger partial charge is 0.160 e. The number of hydrogen-bond donors (Lipinski definition) is 1. The van der Waals surface area contributed by atoms with E-state index < -0.39 is 0 Å². The van der Waals surface area contributed by atoms with Crippen LogP contribution in [0, 0.1) is 13.8 Å². The maximum absolute atomic E-state index is 9.11. The summed E-state index contributed by atoms with van der Waals surface area (Å²) < 4.78 is 7.78. The van der Waals surface area contributed by atoms with Crippen LogP contribution < -0.4 is 0 Å². The molecule has 2 aromatic carbocycles. The average molecular weight is 333 g/mol. The van der Waals surface area contributed by atoms with Crippen molar-refractivity contribution in [2.24, 2.45) is 0 Å². The molecule has 0 atom stereocenters. The maximum atomic E-state index is 9.11. The number of benzene rings is 2. The van der Waals surface area contributed by atoms with Crippen LogP contribution in [0.3, 0.4) is 0 Å². The van der Waals surface area contributed by atoms with Crippen molar-refractivity contribution < 1.29 is 9.52 Å². The van der Waals surface area contributed by atoms with Crippen LogP contribution in [0.15, 0.2) is 53.1 Å². The highest BCUT2D eigenvalue weighted by atomic mass is 16.3. The summed E-state index contributed by atoms with van der Waals surface area (Å²) in [4.78, 5) is 0. The lowest BCUT2D eigenvalue weighted by molar-refractivity contribution is 0.282. The highest BCUT2D eigenvalue weighted by molar-refractivity contribution is 5.87. The largest absolute Gasteiger partial charge is 0.454 e. The fourth-order valence-electron chi connectivity index (χ4n) is 3.00. The Balaban J connectivity index is 1.63. The number of aryl methyl sites for hydroxylation is 2. The van der Waals surface area contributed by atoms with Gasteiger partial charge in [0.25, 0.3) is 0 Å². The minimum absolute atomic E-state index is 0.0541. The summed E-state index contributed by atoms with van der Waals surface area (Å²) in [7, 11) is 0. The van der Waals surface area contributed by atoms with Gasteiger partial charge in [-0.05, 0) is 37.1 Å². The average Bonchev–Trinajstić information content (AvgIpc) is 3.20. The van der Waals surface area contributed by atoms with Crippen molar-refractivity contribution in [3.05, 3.63) is 70.9 Å². The number of aliphatic hydroxyl groups is 1. The number of aliphatic hydroxyl groups excluding tert-OH is 1. The Morgan fingerprint density at radius 3 is 2.56 bits per heavy atom. The van der Waals surface area contributed by atoms with Crippen LogP contribution in [0.4, 0.5) is 0 Å². The van der Waals surface area contributed by atoms with Gasteiger partial charge in [0.2, 0.25) is 0 Å². The molecule has 2 aromatic heterocycles. The molecule has 0 aliphatic heterocycles. The molecule has 5 heteroatoms. The van der Waals surface area contributed by atoms with Gasteiger partial charge in [0.1, 0.15) is 11.3 Å². The lowest BCUT2D eigenvalue weighted by atomic mass is 10.1. The monoisotopic (exact) mass is 333 g/mol. The molecule has 0 saturated carbocycles. The normalized spacial score (nSPS) is 11.3. The van der Waals surface area contributed by atoms with E-state index in [0.29, 0.717) is 6.54 Å². The molecule has 4 aromatic rings. The van der Waals surface area contributed by atoms with E-state index in [-0.39, 0.29) is 6.61 Å². The zero-order valence-corrected chi connectivity index (χ0v) is 14.2. The van der Waals surface area contributed by atoms with Crippen molar-refractivity contribution in [1.82, 2.24) is 15.0 Å². The van der Waals surface area contributed by atoms with E-state index in [2.05, 4.69) is 23.3 Å². The minimum Gasteiger partial charge on any atom is -0.454 e. The van der Waals surface area contributed by atoms with Crippen LogP contribution in [0.5, 0.6) is 0 Å². The molecule has 0 amide bonds. The van der Waals surface area contributed by atoms with Gasteiger partial charge >= 0.3 is 0 Å². The van der Waals surface area contributed by atoms with Gasteiger partial charge in [-0.1, -0.05) is 41.1 Å². The molecule has 0 fully saturated rings. The first kappa shape index (κ1) is 15.6. The highest BCUT2D eigenvalue weighted by Crippen LogP contribution is 2.32. The summed E-state index contributed by atoms with van der Waals surface area (Å²) >= 11 is 0. The van der Waals surface area contributed by atoms with Crippen molar-refractivity contribution in [3.63, 3.8) is 0 Å². The molecule has 0 spiro atoms. The van der Waals surface area contributed by atoms with Crippen LogP contribution in [-0.4, -0.2) is 20.1 Å². The molecular weight excluding hydrogens is 314 g/mol. The topological polar surface area (TPSA) is 64.1 Å². The Kier molecular flexibility index (Phi) is 3.86. The van der Waals surface area contributed by atoms with Gasteiger partial charge in [-0.15, -0.1) is 5.10 Å². The standard InChI is InChI=1S/C20H19N3O2/c1-13-3-8-19-17(9-13)14(2)20(25-19)18-11-23(22-21-18)10-15-4-6-16(12-24)7-5-15/h3-9,11,24H,10,12H2,1-2H3. The molecule has 0 unspecified atom stereocenters. The van der Waals surface area contributed by atoms with E-state index in [9.17, 15) is 0 Å². The van der Waals surface area contributed by atoms with Gasteiger partial charge < -0.3 is 9.52 Å². The van der Waals surface area contributed by atoms with E-state index in [1.165, 1.54) is 5.56 Å². The first-order valence-electron chi connectivity index (χ1n) is 8.23. The molecule has 5 nitrogen and oxygen atoms in total. The third kappa shape index (κ3) is 2.94. The molecule has 4 rings (SSSR count). The fourth-order valence-corrected chi connectivity index (χ4v) is 3.00. The lowest BCUT2D eigenvalue weighted by Crippen LogP contribution is -2.00. The zero-order valence-electron chi connectivity index (χ0n) is 14.2. The second-order valence-corrected chi connectivity index (χ2v) is 6.33. The molecule has 0 saturated heterocycles. The number of furan rings is 1. The quantitative estimate of drug-likeness (QED) is 0.616. The molecule has 0 radical (unpaired) electrons. The fraction of sp³-hybridized carbons (Fsp3) is 0.200. The molecule has 0 aliphatic carbocycles. The van der Waals surface area contributed by atoms with Crippen LogP contribution in [0.25, 0.3) is 22.4 Å². The van der Waals surface area contributed by atoms with E-state index in [0.717, 1.165) is 39.1 Å². The number of aromatic nitrogens is 3. The van der Waals surface area contributed by atoms with E-state index in [1.807, 2.05) is 49.5 Å². The van der Waals surface area contributed by atoms with Gasteiger partial charge in [-0.3, -0.25) is 0 Å². The van der Waals surface area contributed by atoms with E-state index >= 15 is 0 Å². The van der Waals surface area contributed by atoms with Crippen molar-refractivity contribution in [2.45, 2.75) is 27.0 Å². The van der Waals surface area contributed by atoms with Crippen molar-refractivity contribution in [2.75, 3.05) is 0 Å². The Hall–Kier alpha value is -2.92. The SMILES string of the molecule is Cc1ccc2oc(-c3cn(Cc4ccc(CO)cc4)nn3)c(C)c2c1. The highest BCUT2D eigenvalue weighted by Gasteiger charge is 2.15. The molecule has 0 aliphatic rings. The first-order valence-corrected chi connectivity index (χ1v) is 8.23. The Morgan fingerprint density at radius 1 is 1.04 bits per heavy atom. The molecule has 0 bridgehead atoms. The lowest BCUT2D eigenvalue weighted by Gasteiger charge is -2.02. The van der Waals surface area contributed by atoms with E-state index in [1.54, 1.807) is 4.68 Å². The number of rotatable bonds is 4. The summed E-state index contributed by atoms with van der Waals surface area (Å²) in [6.07, 6.45) is 1.90. The molecular formula is C20H19N3O2. The summed E-state index contributed by atoms with van der Waals surface area (Å²) in [6.45, 7) is 4.80. The Bertz CT molecular complexity index is 1030. The predicted octanol–water partition coefficient (Wildman–Crippen LogP) is 3.85. The summed E-state index contributed by atoms with van der Waals surface area (Å²) in [6, 6.07) is 14.0. The van der Waals surface area contributed by atoms with Crippen molar-refractivity contribution in [1.29, 1.82) is 0 Å². The Labute approximate surface area is 145 Å². The van der Waals surface area contributed by atoms with Crippen molar-refractivity contribution >= 4 is 11.0 Å². The van der Waals surface area contributed by atoms with Crippen molar-refractivity contribution in [3.8, 4) is 11.5 Å². The summed E-state index contributed by atoms with van der Waals surface area (Å²) in [5.74, 6) is 0.766. The van der Waals surface area contributed by atoms with Gasteiger partial charge in [0.05, 0.1) is 19.3 Å². The van der Waals surface area contributed by atoms with Crippen LogP contribution >= 0.6 is 0 Å². The predicted molar refractivity (Wildman–Crippen MR) is 96.2 cm³/mol. The number of fused-ring (bicyclic) bond motifs is 1. The molecule has 1 N–H and O–H groups in total. The van der Waals surface area contributed by atoms with Crippen LogP contribution in [0.1, 0.15) is 22.3 Å². The van der Waals surface area contributed by atoms with Gasteiger partial charge in [0.15, 0.2) is 5.76 Å². The van der Waals surface area contributed by atoms with Crippen LogP contribution in [0.2, 0.25) is 0 Å². The van der Waals surface area contributed by atoms with Gasteiger partial charge in [0, 0.05) is 10.9 Å².